The molecule has 1 fully saturated rings. The van der Waals surface area contributed by atoms with Gasteiger partial charge in [-0.1, -0.05) is 30.2 Å². The average Bonchev–Trinajstić information content (AvgIpc) is 3.29. The summed E-state index contributed by atoms with van der Waals surface area (Å²) in [7, 11) is -3.23. The van der Waals surface area contributed by atoms with Gasteiger partial charge in [-0.05, 0) is 43.4 Å². The zero-order chi connectivity index (χ0) is 19.9. The van der Waals surface area contributed by atoms with Gasteiger partial charge in [0.2, 0.25) is 10.0 Å². The van der Waals surface area contributed by atoms with E-state index in [-0.39, 0.29) is 11.9 Å². The second kappa shape index (κ2) is 7.29. The van der Waals surface area contributed by atoms with E-state index in [0.717, 1.165) is 42.5 Å². The number of rotatable bonds is 4. The summed E-state index contributed by atoms with van der Waals surface area (Å²) in [5, 5.41) is 11.4. The van der Waals surface area contributed by atoms with Crippen LogP contribution in [0.4, 0.5) is 0 Å². The molecule has 1 amide bonds. The molecule has 1 aliphatic carbocycles. The molecular weight excluding hydrogens is 378 g/mol. The van der Waals surface area contributed by atoms with Crippen LogP contribution in [-0.4, -0.2) is 52.5 Å². The molecule has 28 heavy (non-hydrogen) atoms. The van der Waals surface area contributed by atoms with E-state index in [1.54, 1.807) is 4.68 Å². The number of nitrogens with zero attached hydrogens (tertiary/aromatic N) is 4. The minimum absolute atomic E-state index is 0.177. The highest BCUT2D eigenvalue weighted by atomic mass is 32.2. The molecule has 1 saturated carbocycles. The Morgan fingerprint density at radius 2 is 2.00 bits per heavy atom. The first kappa shape index (κ1) is 19.1. The zero-order valence-corrected chi connectivity index (χ0v) is 17.0. The van der Waals surface area contributed by atoms with Crippen LogP contribution in [0.3, 0.4) is 0 Å². The number of hydrogen-bond acceptors (Lipinski definition) is 5. The van der Waals surface area contributed by atoms with Gasteiger partial charge in [-0.15, -0.1) is 5.10 Å². The number of carbonyl (C=O) groups is 1. The smallest absolute Gasteiger partial charge is 0.273 e. The van der Waals surface area contributed by atoms with Crippen molar-refractivity contribution in [2.24, 2.45) is 0 Å². The van der Waals surface area contributed by atoms with Crippen LogP contribution in [0.2, 0.25) is 0 Å². The van der Waals surface area contributed by atoms with E-state index in [1.807, 2.05) is 25.1 Å². The third kappa shape index (κ3) is 3.56. The topological polar surface area (TPSA) is 97.2 Å². The van der Waals surface area contributed by atoms with Crippen molar-refractivity contribution in [3.63, 3.8) is 0 Å². The Morgan fingerprint density at radius 1 is 1.25 bits per heavy atom. The highest BCUT2D eigenvalue weighted by Crippen LogP contribution is 2.27. The molecular formula is C19H25N5O3S. The maximum Gasteiger partial charge on any atom is 0.273 e. The molecule has 9 heteroatoms. The van der Waals surface area contributed by atoms with E-state index in [2.05, 4.69) is 15.6 Å². The Balaban J connectivity index is 1.62. The Morgan fingerprint density at radius 3 is 2.71 bits per heavy atom. The molecule has 0 atom stereocenters. The molecule has 2 aliphatic rings. The molecule has 150 valence electrons. The summed E-state index contributed by atoms with van der Waals surface area (Å²) in [6.45, 7) is 2.63. The molecule has 1 aliphatic heterocycles. The first-order chi connectivity index (χ1) is 13.3. The number of carbonyl (C=O) groups excluding carboxylic acids is 1. The van der Waals surface area contributed by atoms with Crippen molar-refractivity contribution in [1.82, 2.24) is 24.6 Å². The number of nitrogens with one attached hydrogen (secondary N) is 1. The summed E-state index contributed by atoms with van der Waals surface area (Å²) in [6, 6.07) is 5.99. The summed E-state index contributed by atoms with van der Waals surface area (Å²) in [6.07, 6.45) is 6.17. The highest BCUT2D eigenvalue weighted by molar-refractivity contribution is 7.88. The molecule has 1 aromatic carbocycles. The lowest BCUT2D eigenvalue weighted by molar-refractivity contribution is 0.0932. The molecule has 4 rings (SSSR count). The van der Waals surface area contributed by atoms with Gasteiger partial charge in [0.05, 0.1) is 17.6 Å². The fourth-order valence-electron chi connectivity index (χ4n) is 4.14. The molecule has 2 aromatic rings. The summed E-state index contributed by atoms with van der Waals surface area (Å²) < 4.78 is 26.9. The van der Waals surface area contributed by atoms with Crippen LogP contribution in [0.25, 0.3) is 5.69 Å². The van der Waals surface area contributed by atoms with Crippen molar-refractivity contribution in [2.75, 3.05) is 12.8 Å². The normalized spacial score (nSPS) is 18.2. The zero-order valence-electron chi connectivity index (χ0n) is 16.2. The molecule has 1 N–H and O–H groups in total. The molecule has 0 bridgehead atoms. The van der Waals surface area contributed by atoms with E-state index in [9.17, 15) is 13.2 Å². The van der Waals surface area contributed by atoms with Crippen molar-refractivity contribution >= 4 is 15.9 Å². The lowest BCUT2D eigenvalue weighted by atomic mass is 9.99. The molecule has 0 saturated heterocycles. The molecule has 1 aromatic heterocycles. The van der Waals surface area contributed by atoms with Gasteiger partial charge in [-0.2, -0.15) is 4.31 Å². The van der Waals surface area contributed by atoms with Gasteiger partial charge >= 0.3 is 0 Å². The minimum Gasteiger partial charge on any atom is -0.348 e. The lowest BCUT2D eigenvalue weighted by Gasteiger charge is -2.28. The Hall–Kier alpha value is -2.26. The fraction of sp³-hybridized carbons (Fsp3) is 0.526. The monoisotopic (exact) mass is 403 g/mol. The molecule has 0 radical (unpaired) electrons. The summed E-state index contributed by atoms with van der Waals surface area (Å²) in [5.74, 6) is -0.177. The molecule has 0 spiro atoms. The van der Waals surface area contributed by atoms with E-state index >= 15 is 0 Å². The Bertz CT molecular complexity index is 1010. The number of benzene rings is 1. The van der Waals surface area contributed by atoms with Crippen LogP contribution in [-0.2, 0) is 23.0 Å². The maximum atomic E-state index is 12.6. The maximum absolute atomic E-state index is 12.6. The van der Waals surface area contributed by atoms with Gasteiger partial charge in [0, 0.05) is 19.1 Å². The first-order valence-corrected chi connectivity index (χ1v) is 11.5. The van der Waals surface area contributed by atoms with Crippen molar-refractivity contribution in [1.29, 1.82) is 0 Å². The van der Waals surface area contributed by atoms with Crippen molar-refractivity contribution in [3.8, 4) is 5.69 Å². The predicted molar refractivity (Wildman–Crippen MR) is 105 cm³/mol. The third-order valence-corrected chi connectivity index (χ3v) is 6.95. The molecule has 8 nitrogen and oxygen atoms in total. The average molecular weight is 404 g/mol. The van der Waals surface area contributed by atoms with Crippen LogP contribution in [0.5, 0.6) is 0 Å². The largest absolute Gasteiger partial charge is 0.348 e. The number of amides is 1. The minimum atomic E-state index is -3.23. The van der Waals surface area contributed by atoms with Crippen molar-refractivity contribution < 1.29 is 13.2 Å². The number of aromatic nitrogens is 3. The number of hydrogen-bond donors (Lipinski definition) is 1. The Kier molecular flexibility index (Phi) is 4.96. The first-order valence-electron chi connectivity index (χ1n) is 9.64. The van der Waals surface area contributed by atoms with Crippen LogP contribution in [0, 0.1) is 6.92 Å². The van der Waals surface area contributed by atoms with Gasteiger partial charge < -0.3 is 5.32 Å². The second-order valence-corrected chi connectivity index (χ2v) is 9.63. The predicted octanol–water partition coefficient (Wildman–Crippen LogP) is 1.57. The van der Waals surface area contributed by atoms with Gasteiger partial charge in [0.15, 0.2) is 5.69 Å². The van der Waals surface area contributed by atoms with Crippen LogP contribution in [0.1, 0.15) is 53.0 Å². The lowest BCUT2D eigenvalue weighted by Crippen LogP contribution is -2.35. The quantitative estimate of drug-likeness (QED) is 0.836. The Labute approximate surface area is 165 Å². The molecule has 2 heterocycles. The van der Waals surface area contributed by atoms with Gasteiger partial charge in [-0.25, -0.2) is 13.1 Å². The van der Waals surface area contributed by atoms with E-state index in [0.29, 0.717) is 30.9 Å². The standard InChI is InChI=1S/C19H25N5O3S/c1-13-18(19(25)20-15-7-3-4-8-15)21-22-24(13)17-9-5-6-14-12-23(28(2,26)27)11-10-16(14)17/h5-6,9,15H,3-4,7-8,10-12H2,1-2H3,(H,20,25). The highest BCUT2D eigenvalue weighted by Gasteiger charge is 2.27. The van der Waals surface area contributed by atoms with E-state index < -0.39 is 10.0 Å². The van der Waals surface area contributed by atoms with Crippen molar-refractivity contribution in [2.45, 2.75) is 51.6 Å². The van der Waals surface area contributed by atoms with Gasteiger partial charge in [0.1, 0.15) is 0 Å². The summed E-state index contributed by atoms with van der Waals surface area (Å²) in [5.41, 5.74) is 3.90. The fourth-order valence-corrected chi connectivity index (χ4v) is 4.93. The second-order valence-electron chi connectivity index (χ2n) is 7.65. The SMILES string of the molecule is Cc1c(C(=O)NC2CCCC2)nnn1-c1cccc2c1CCN(S(C)(=O)=O)C2. The summed E-state index contributed by atoms with van der Waals surface area (Å²) >= 11 is 0. The summed E-state index contributed by atoms with van der Waals surface area (Å²) in [4.78, 5) is 12.6. The van der Waals surface area contributed by atoms with E-state index in [4.69, 9.17) is 0 Å². The van der Waals surface area contributed by atoms with Gasteiger partial charge in [-0.3, -0.25) is 4.79 Å². The number of sulfonamides is 1. The third-order valence-electron chi connectivity index (χ3n) is 5.70. The van der Waals surface area contributed by atoms with Crippen LogP contribution < -0.4 is 5.32 Å². The van der Waals surface area contributed by atoms with Crippen LogP contribution >= 0.6 is 0 Å². The van der Waals surface area contributed by atoms with Crippen LogP contribution in [0.15, 0.2) is 18.2 Å². The van der Waals surface area contributed by atoms with Gasteiger partial charge in [0.25, 0.3) is 5.91 Å². The molecule has 0 unspecified atom stereocenters. The number of fused-ring (bicyclic) bond motifs is 1. The van der Waals surface area contributed by atoms with Crippen molar-refractivity contribution in [3.05, 3.63) is 40.7 Å². The van der Waals surface area contributed by atoms with E-state index in [1.165, 1.54) is 10.6 Å².